The minimum atomic E-state index is -0.0659. The summed E-state index contributed by atoms with van der Waals surface area (Å²) < 4.78 is 6.29. The average molecular weight is 328 g/mol. The first-order valence-corrected chi connectivity index (χ1v) is 8.96. The van der Waals surface area contributed by atoms with Gasteiger partial charge in [0.15, 0.2) is 0 Å². The molecule has 0 spiro atoms. The van der Waals surface area contributed by atoms with Crippen LogP contribution in [0.25, 0.3) is 0 Å². The molecular weight excluding hydrogens is 304 g/mol. The molecule has 2 saturated heterocycles. The second-order valence-electron chi connectivity index (χ2n) is 7.13. The first-order chi connectivity index (χ1) is 11.7. The Morgan fingerprint density at radius 2 is 1.96 bits per heavy atom. The van der Waals surface area contributed by atoms with Crippen LogP contribution >= 0.6 is 0 Å². The van der Waals surface area contributed by atoms with Crippen LogP contribution in [0.4, 0.5) is 0 Å². The van der Waals surface area contributed by atoms with E-state index in [9.17, 15) is 9.59 Å². The predicted molar refractivity (Wildman–Crippen MR) is 89.2 cm³/mol. The summed E-state index contributed by atoms with van der Waals surface area (Å²) in [6, 6.07) is 10.1. The predicted octanol–water partition coefficient (Wildman–Crippen LogP) is 1.99. The normalized spacial score (nSPS) is 27.6. The van der Waals surface area contributed by atoms with Crippen LogP contribution in [0.3, 0.4) is 0 Å². The molecule has 5 heteroatoms. The molecule has 2 atom stereocenters. The van der Waals surface area contributed by atoms with Crippen molar-refractivity contribution in [3.05, 3.63) is 35.9 Å². The van der Waals surface area contributed by atoms with E-state index >= 15 is 0 Å². The van der Waals surface area contributed by atoms with Gasteiger partial charge in [0.05, 0.1) is 19.2 Å². The standard InChI is InChI=1S/C19H24N2O3/c22-18-7-4-10-20(18)13-19(23)21-11-16(14-5-2-1-3-6-14)24-17(12-21)15-8-9-15/h1-3,5-6,15-17H,4,7-13H2/t16-,17+/m0/s1. The second-order valence-corrected chi connectivity index (χ2v) is 7.13. The Morgan fingerprint density at radius 3 is 2.62 bits per heavy atom. The van der Waals surface area contributed by atoms with Gasteiger partial charge in [0, 0.05) is 19.5 Å². The van der Waals surface area contributed by atoms with Crippen molar-refractivity contribution in [1.82, 2.24) is 9.80 Å². The maximum Gasteiger partial charge on any atom is 0.242 e. The maximum absolute atomic E-state index is 12.7. The fourth-order valence-electron chi connectivity index (χ4n) is 3.71. The smallest absolute Gasteiger partial charge is 0.242 e. The third-order valence-electron chi connectivity index (χ3n) is 5.29. The van der Waals surface area contributed by atoms with Gasteiger partial charge in [0.25, 0.3) is 0 Å². The molecule has 2 amide bonds. The fourth-order valence-corrected chi connectivity index (χ4v) is 3.71. The lowest BCUT2D eigenvalue weighted by Crippen LogP contribution is -2.50. The quantitative estimate of drug-likeness (QED) is 0.849. The highest BCUT2D eigenvalue weighted by molar-refractivity contribution is 5.86. The van der Waals surface area contributed by atoms with Crippen LogP contribution in [-0.4, -0.2) is 53.9 Å². The van der Waals surface area contributed by atoms with Crippen molar-refractivity contribution in [3.8, 4) is 0 Å². The number of ether oxygens (including phenoxy) is 1. The molecule has 5 nitrogen and oxygen atoms in total. The third kappa shape index (κ3) is 3.31. The molecular formula is C19H24N2O3. The van der Waals surface area contributed by atoms with Crippen molar-refractivity contribution in [1.29, 1.82) is 0 Å². The number of hydrogen-bond donors (Lipinski definition) is 0. The largest absolute Gasteiger partial charge is 0.366 e. The summed E-state index contributed by atoms with van der Waals surface area (Å²) in [7, 11) is 0. The number of rotatable bonds is 4. The van der Waals surface area contributed by atoms with Crippen LogP contribution in [-0.2, 0) is 14.3 Å². The van der Waals surface area contributed by atoms with E-state index in [1.54, 1.807) is 4.90 Å². The molecule has 0 unspecified atom stereocenters. The van der Waals surface area contributed by atoms with Crippen LogP contribution in [0, 0.1) is 5.92 Å². The number of benzene rings is 1. The zero-order valence-corrected chi connectivity index (χ0v) is 13.9. The van der Waals surface area contributed by atoms with Gasteiger partial charge in [-0.1, -0.05) is 30.3 Å². The van der Waals surface area contributed by atoms with Gasteiger partial charge in [0.2, 0.25) is 11.8 Å². The molecule has 1 aliphatic carbocycles. The molecule has 2 heterocycles. The topological polar surface area (TPSA) is 49.9 Å². The average Bonchev–Trinajstić information content (AvgIpc) is 3.39. The first kappa shape index (κ1) is 15.6. The summed E-state index contributed by atoms with van der Waals surface area (Å²) >= 11 is 0. The van der Waals surface area contributed by atoms with Crippen LogP contribution < -0.4 is 0 Å². The van der Waals surface area contributed by atoms with E-state index in [0.29, 0.717) is 32.0 Å². The lowest BCUT2D eigenvalue weighted by atomic mass is 10.0. The zero-order valence-electron chi connectivity index (χ0n) is 13.9. The summed E-state index contributed by atoms with van der Waals surface area (Å²) in [5.74, 6) is 0.746. The highest BCUT2D eigenvalue weighted by Gasteiger charge is 2.40. The second kappa shape index (κ2) is 6.55. The molecule has 0 bridgehead atoms. The number of likely N-dealkylation sites (tertiary alicyclic amines) is 1. The fraction of sp³-hybridized carbons (Fsp3) is 0.579. The van der Waals surface area contributed by atoms with Gasteiger partial charge >= 0.3 is 0 Å². The molecule has 1 saturated carbocycles. The van der Waals surface area contributed by atoms with Gasteiger partial charge < -0.3 is 14.5 Å². The molecule has 3 fully saturated rings. The lowest BCUT2D eigenvalue weighted by molar-refractivity contribution is -0.151. The number of hydrogen-bond acceptors (Lipinski definition) is 3. The SMILES string of the molecule is O=C1CCCN1CC(=O)N1C[C@@H](c2ccccc2)O[C@@H](C2CC2)C1. The van der Waals surface area contributed by atoms with Crippen molar-refractivity contribution >= 4 is 11.8 Å². The molecule has 1 aromatic rings. The van der Waals surface area contributed by atoms with Crippen LogP contribution in [0.2, 0.25) is 0 Å². The van der Waals surface area contributed by atoms with Crippen molar-refractivity contribution in [3.63, 3.8) is 0 Å². The van der Waals surface area contributed by atoms with Crippen molar-refractivity contribution < 1.29 is 14.3 Å². The minimum absolute atomic E-state index is 0.0557. The van der Waals surface area contributed by atoms with Gasteiger partial charge in [-0.25, -0.2) is 0 Å². The Hall–Kier alpha value is -1.88. The van der Waals surface area contributed by atoms with E-state index in [4.69, 9.17) is 4.74 Å². The molecule has 2 aliphatic heterocycles. The first-order valence-electron chi connectivity index (χ1n) is 8.96. The Kier molecular flexibility index (Phi) is 4.27. The van der Waals surface area contributed by atoms with Gasteiger partial charge in [-0.15, -0.1) is 0 Å². The van der Waals surface area contributed by atoms with E-state index in [1.165, 1.54) is 12.8 Å². The van der Waals surface area contributed by atoms with E-state index in [1.807, 2.05) is 23.1 Å². The van der Waals surface area contributed by atoms with Crippen LogP contribution in [0.1, 0.15) is 37.4 Å². The Morgan fingerprint density at radius 1 is 1.17 bits per heavy atom. The van der Waals surface area contributed by atoms with E-state index < -0.39 is 0 Å². The maximum atomic E-state index is 12.7. The van der Waals surface area contributed by atoms with Crippen LogP contribution in [0.15, 0.2) is 30.3 Å². The highest BCUT2D eigenvalue weighted by atomic mass is 16.5. The highest BCUT2D eigenvalue weighted by Crippen LogP contribution is 2.39. The molecule has 4 rings (SSSR count). The molecule has 128 valence electrons. The summed E-state index contributed by atoms with van der Waals surface area (Å²) in [5.41, 5.74) is 1.12. The molecule has 3 aliphatic rings. The number of carbonyl (C=O) groups is 2. The van der Waals surface area contributed by atoms with Gasteiger partial charge in [-0.3, -0.25) is 9.59 Å². The molecule has 0 radical (unpaired) electrons. The van der Waals surface area contributed by atoms with E-state index in [-0.39, 0.29) is 30.6 Å². The molecule has 0 N–H and O–H groups in total. The van der Waals surface area contributed by atoms with Crippen molar-refractivity contribution in [2.24, 2.45) is 5.92 Å². The van der Waals surface area contributed by atoms with Crippen molar-refractivity contribution in [2.75, 3.05) is 26.2 Å². The summed E-state index contributed by atoms with van der Waals surface area (Å²) in [5, 5.41) is 0. The van der Waals surface area contributed by atoms with E-state index in [0.717, 1.165) is 12.0 Å². The lowest BCUT2D eigenvalue weighted by Gasteiger charge is -2.39. The number of carbonyl (C=O) groups excluding carboxylic acids is 2. The molecule has 0 aromatic heterocycles. The zero-order chi connectivity index (χ0) is 16.5. The number of morpholine rings is 1. The van der Waals surface area contributed by atoms with E-state index in [2.05, 4.69) is 12.1 Å². The summed E-state index contributed by atoms with van der Waals surface area (Å²) in [6.45, 7) is 2.17. The third-order valence-corrected chi connectivity index (χ3v) is 5.29. The number of nitrogens with zero attached hydrogens (tertiary/aromatic N) is 2. The van der Waals surface area contributed by atoms with Crippen LogP contribution in [0.5, 0.6) is 0 Å². The summed E-state index contributed by atoms with van der Waals surface area (Å²) in [4.78, 5) is 28.1. The van der Waals surface area contributed by atoms with Gasteiger partial charge in [-0.05, 0) is 30.7 Å². The summed E-state index contributed by atoms with van der Waals surface area (Å²) in [6.07, 6.45) is 3.89. The number of amides is 2. The molecule has 1 aromatic carbocycles. The van der Waals surface area contributed by atoms with Crippen molar-refractivity contribution in [2.45, 2.75) is 37.9 Å². The minimum Gasteiger partial charge on any atom is -0.366 e. The van der Waals surface area contributed by atoms with Gasteiger partial charge in [0.1, 0.15) is 6.10 Å². The molecule has 24 heavy (non-hydrogen) atoms. The Bertz CT molecular complexity index is 614. The monoisotopic (exact) mass is 328 g/mol. The van der Waals surface area contributed by atoms with Gasteiger partial charge in [-0.2, -0.15) is 0 Å². The Labute approximate surface area is 142 Å². The Balaban J connectivity index is 1.46.